The quantitative estimate of drug-likeness (QED) is 0.305. The standard InChI is InChI=1S/C16H13N5O3S/c22-15(10-25-16-18-13-6-1-2-7-14(13)19-16)20-17-9-11-4-3-5-12(8-11)21(23)24/h1-9H,10H2,(H,18,19)(H,20,22)/b17-9-. The summed E-state index contributed by atoms with van der Waals surface area (Å²) < 4.78 is 0. The molecule has 2 N–H and O–H groups in total. The number of carbonyl (C=O) groups is 1. The predicted molar refractivity (Wildman–Crippen MR) is 95.7 cm³/mol. The number of aromatic amines is 1. The number of amides is 1. The van der Waals surface area contributed by atoms with Gasteiger partial charge in [-0.1, -0.05) is 36.0 Å². The summed E-state index contributed by atoms with van der Waals surface area (Å²) in [6.45, 7) is 0. The Kier molecular flexibility index (Phi) is 5.05. The van der Waals surface area contributed by atoms with Gasteiger partial charge < -0.3 is 4.98 Å². The number of hydrogen-bond acceptors (Lipinski definition) is 6. The fraction of sp³-hybridized carbons (Fsp3) is 0.0625. The fourth-order valence-corrected chi connectivity index (χ4v) is 2.74. The van der Waals surface area contributed by atoms with Gasteiger partial charge in [0, 0.05) is 17.7 Å². The molecule has 3 aromatic rings. The molecule has 0 spiro atoms. The van der Waals surface area contributed by atoms with Gasteiger partial charge in [-0.25, -0.2) is 10.4 Å². The molecule has 0 unspecified atom stereocenters. The van der Waals surface area contributed by atoms with E-state index in [-0.39, 0.29) is 17.3 Å². The van der Waals surface area contributed by atoms with Crippen molar-refractivity contribution in [3.63, 3.8) is 0 Å². The van der Waals surface area contributed by atoms with Gasteiger partial charge in [-0.05, 0) is 12.1 Å². The Labute approximate surface area is 146 Å². The largest absolute Gasteiger partial charge is 0.333 e. The monoisotopic (exact) mass is 355 g/mol. The first-order valence-electron chi connectivity index (χ1n) is 7.26. The molecule has 25 heavy (non-hydrogen) atoms. The Bertz CT molecular complexity index is 921. The second kappa shape index (κ2) is 7.58. The summed E-state index contributed by atoms with van der Waals surface area (Å²) in [5.74, 6) is -0.154. The Hall–Kier alpha value is -3.20. The molecule has 1 aromatic heterocycles. The highest BCUT2D eigenvalue weighted by Gasteiger charge is 2.07. The molecule has 0 radical (unpaired) electrons. The van der Waals surface area contributed by atoms with E-state index in [4.69, 9.17) is 0 Å². The predicted octanol–water partition coefficient (Wildman–Crippen LogP) is 2.71. The molecule has 2 aromatic carbocycles. The van der Waals surface area contributed by atoms with Crippen LogP contribution in [0.5, 0.6) is 0 Å². The van der Waals surface area contributed by atoms with Crippen molar-refractivity contribution in [2.45, 2.75) is 5.16 Å². The molecule has 0 aliphatic heterocycles. The second-order valence-corrected chi connectivity index (χ2v) is 5.96. The number of aromatic nitrogens is 2. The number of hydrogen-bond donors (Lipinski definition) is 2. The Balaban J connectivity index is 1.52. The number of nitrogens with one attached hydrogen (secondary N) is 2. The van der Waals surface area contributed by atoms with E-state index in [1.807, 2.05) is 24.3 Å². The first kappa shape index (κ1) is 16.7. The third-order valence-corrected chi connectivity index (χ3v) is 4.06. The van der Waals surface area contributed by atoms with Gasteiger partial charge in [-0.2, -0.15) is 5.10 Å². The molecular weight excluding hydrogens is 342 g/mol. The third-order valence-electron chi connectivity index (χ3n) is 3.19. The van der Waals surface area contributed by atoms with Crippen molar-refractivity contribution in [1.82, 2.24) is 15.4 Å². The molecule has 1 heterocycles. The number of nitro groups is 1. The molecule has 0 saturated carbocycles. The topological polar surface area (TPSA) is 113 Å². The van der Waals surface area contributed by atoms with Gasteiger partial charge in [-0.15, -0.1) is 0 Å². The molecule has 0 fully saturated rings. The van der Waals surface area contributed by atoms with Gasteiger partial charge in [0.1, 0.15) is 0 Å². The van der Waals surface area contributed by atoms with Crippen molar-refractivity contribution in [1.29, 1.82) is 0 Å². The van der Waals surface area contributed by atoms with Gasteiger partial charge in [0.05, 0.1) is 27.9 Å². The molecule has 0 saturated heterocycles. The lowest BCUT2D eigenvalue weighted by molar-refractivity contribution is -0.384. The smallest absolute Gasteiger partial charge is 0.270 e. The summed E-state index contributed by atoms with van der Waals surface area (Å²) in [5.41, 5.74) is 4.63. The number of para-hydroxylation sites is 2. The summed E-state index contributed by atoms with van der Waals surface area (Å²) >= 11 is 1.26. The van der Waals surface area contributed by atoms with E-state index >= 15 is 0 Å². The lowest BCUT2D eigenvalue weighted by atomic mass is 10.2. The lowest BCUT2D eigenvalue weighted by Gasteiger charge is -1.98. The second-order valence-electron chi connectivity index (χ2n) is 4.99. The van der Waals surface area contributed by atoms with Crippen LogP contribution in [-0.2, 0) is 4.79 Å². The molecule has 8 nitrogen and oxygen atoms in total. The molecule has 0 bridgehead atoms. The van der Waals surface area contributed by atoms with E-state index in [2.05, 4.69) is 20.5 Å². The van der Waals surface area contributed by atoms with E-state index in [1.54, 1.807) is 12.1 Å². The number of benzene rings is 2. The molecule has 9 heteroatoms. The van der Waals surface area contributed by atoms with Crippen LogP contribution in [0.2, 0.25) is 0 Å². The highest BCUT2D eigenvalue weighted by Crippen LogP contribution is 2.18. The van der Waals surface area contributed by atoms with Gasteiger partial charge in [0.15, 0.2) is 5.16 Å². The van der Waals surface area contributed by atoms with Crippen molar-refractivity contribution in [3.05, 3.63) is 64.2 Å². The summed E-state index contributed by atoms with van der Waals surface area (Å²) in [6.07, 6.45) is 1.36. The number of imidazole rings is 1. The third kappa shape index (κ3) is 4.42. The number of nitrogens with zero attached hydrogens (tertiary/aromatic N) is 3. The van der Waals surface area contributed by atoms with Gasteiger partial charge in [-0.3, -0.25) is 14.9 Å². The maximum absolute atomic E-state index is 11.8. The molecule has 1 amide bonds. The van der Waals surface area contributed by atoms with Crippen LogP contribution in [0.4, 0.5) is 5.69 Å². The number of thioether (sulfide) groups is 1. The summed E-state index contributed by atoms with van der Waals surface area (Å²) in [4.78, 5) is 29.5. The minimum absolute atomic E-state index is 0.0317. The van der Waals surface area contributed by atoms with Gasteiger partial charge >= 0.3 is 0 Å². The number of nitro benzene ring substituents is 1. The Morgan fingerprint density at radius 3 is 2.96 bits per heavy atom. The zero-order chi connectivity index (χ0) is 17.6. The van der Waals surface area contributed by atoms with E-state index < -0.39 is 4.92 Å². The van der Waals surface area contributed by atoms with Gasteiger partial charge in [0.25, 0.3) is 11.6 Å². The average Bonchev–Trinajstić information content (AvgIpc) is 3.03. The minimum Gasteiger partial charge on any atom is -0.333 e. The molecule has 0 aliphatic rings. The molecule has 126 valence electrons. The number of non-ortho nitro benzene ring substituents is 1. The van der Waals surface area contributed by atoms with E-state index in [9.17, 15) is 14.9 Å². The number of hydrazone groups is 1. The van der Waals surface area contributed by atoms with Crippen molar-refractivity contribution >= 4 is 40.6 Å². The van der Waals surface area contributed by atoms with Crippen molar-refractivity contribution in [2.24, 2.45) is 5.10 Å². The van der Waals surface area contributed by atoms with Crippen LogP contribution >= 0.6 is 11.8 Å². The summed E-state index contributed by atoms with van der Waals surface area (Å²) in [6, 6.07) is 13.6. The van der Waals surface area contributed by atoms with E-state index in [0.29, 0.717) is 10.7 Å². The van der Waals surface area contributed by atoms with Crippen LogP contribution in [0.3, 0.4) is 0 Å². The maximum Gasteiger partial charge on any atom is 0.270 e. The normalized spacial score (nSPS) is 11.0. The van der Waals surface area contributed by atoms with E-state index in [1.165, 1.54) is 30.1 Å². The zero-order valence-electron chi connectivity index (χ0n) is 12.9. The molecular formula is C16H13N5O3S. The number of rotatable bonds is 6. The summed E-state index contributed by atoms with van der Waals surface area (Å²) in [7, 11) is 0. The van der Waals surface area contributed by atoms with Crippen LogP contribution < -0.4 is 5.43 Å². The fourth-order valence-electron chi connectivity index (χ4n) is 2.06. The molecule has 0 atom stereocenters. The maximum atomic E-state index is 11.8. The van der Waals surface area contributed by atoms with Crippen molar-refractivity contribution in [2.75, 3.05) is 5.75 Å². The number of fused-ring (bicyclic) bond motifs is 1. The lowest BCUT2D eigenvalue weighted by Crippen LogP contribution is -2.19. The highest BCUT2D eigenvalue weighted by atomic mass is 32.2. The highest BCUT2D eigenvalue weighted by molar-refractivity contribution is 7.99. The van der Waals surface area contributed by atoms with Crippen LogP contribution in [0.15, 0.2) is 58.8 Å². The van der Waals surface area contributed by atoms with Crippen LogP contribution in [-0.4, -0.2) is 32.8 Å². The van der Waals surface area contributed by atoms with Crippen molar-refractivity contribution in [3.8, 4) is 0 Å². The van der Waals surface area contributed by atoms with Gasteiger partial charge in [0.2, 0.25) is 0 Å². The molecule has 0 aliphatic carbocycles. The van der Waals surface area contributed by atoms with Crippen LogP contribution in [0, 0.1) is 10.1 Å². The molecule has 3 rings (SSSR count). The first-order chi connectivity index (χ1) is 12.1. The number of carbonyl (C=O) groups excluding carboxylic acids is 1. The SMILES string of the molecule is O=C(CSc1nc2ccccc2[nH]1)N/N=C\c1cccc([N+](=O)[O-])c1. The van der Waals surface area contributed by atoms with Crippen LogP contribution in [0.1, 0.15) is 5.56 Å². The zero-order valence-corrected chi connectivity index (χ0v) is 13.7. The van der Waals surface area contributed by atoms with Crippen molar-refractivity contribution < 1.29 is 9.72 Å². The Morgan fingerprint density at radius 1 is 1.32 bits per heavy atom. The summed E-state index contributed by atoms with van der Waals surface area (Å²) in [5, 5.41) is 15.2. The van der Waals surface area contributed by atoms with E-state index in [0.717, 1.165) is 11.0 Å². The van der Waals surface area contributed by atoms with Crippen LogP contribution in [0.25, 0.3) is 11.0 Å². The minimum atomic E-state index is -0.486. The first-order valence-corrected chi connectivity index (χ1v) is 8.24. The Morgan fingerprint density at radius 2 is 2.16 bits per heavy atom. The number of H-pyrrole nitrogens is 1. The average molecular weight is 355 g/mol.